The third-order valence-electron chi connectivity index (χ3n) is 3.87. The molecule has 1 heterocycles. The largest absolute Gasteiger partial charge is 0.490 e. The van der Waals surface area contributed by atoms with E-state index in [2.05, 4.69) is 25.6 Å². The molecule has 0 amide bonds. The van der Waals surface area contributed by atoms with Gasteiger partial charge in [0.05, 0.1) is 20.7 Å². The summed E-state index contributed by atoms with van der Waals surface area (Å²) in [4.78, 5) is 22.3. The minimum Gasteiger partial charge on any atom is -0.478 e. The van der Waals surface area contributed by atoms with Gasteiger partial charge < -0.3 is 15.1 Å². The number of hydrogen-bond donors (Lipinski definition) is 3. The van der Waals surface area contributed by atoms with Gasteiger partial charge in [0.1, 0.15) is 4.21 Å². The molecule has 0 saturated carbocycles. The van der Waals surface area contributed by atoms with Crippen LogP contribution in [0.5, 0.6) is 0 Å². The molecular formula is C19H22BrF3N2O6S2. The summed E-state index contributed by atoms with van der Waals surface area (Å²) in [5, 5.41) is 16.4. The molecule has 8 nitrogen and oxygen atoms in total. The molecule has 1 aromatic heterocycles. The van der Waals surface area contributed by atoms with Gasteiger partial charge in [0.25, 0.3) is 10.0 Å². The Morgan fingerprint density at radius 1 is 1.09 bits per heavy atom. The van der Waals surface area contributed by atoms with Crippen molar-refractivity contribution in [2.24, 2.45) is 0 Å². The molecule has 0 aliphatic heterocycles. The Labute approximate surface area is 201 Å². The number of benzene rings is 1. The van der Waals surface area contributed by atoms with Gasteiger partial charge in [-0.1, -0.05) is 13.8 Å². The van der Waals surface area contributed by atoms with E-state index in [-0.39, 0.29) is 15.5 Å². The molecule has 3 N–H and O–H groups in total. The van der Waals surface area contributed by atoms with Crippen molar-refractivity contribution in [2.45, 2.75) is 37.1 Å². The molecule has 0 unspecified atom stereocenters. The number of carbonyl (C=O) groups is 2. The van der Waals surface area contributed by atoms with E-state index in [4.69, 9.17) is 9.90 Å². The maximum atomic E-state index is 12.7. The van der Waals surface area contributed by atoms with E-state index in [0.29, 0.717) is 9.47 Å². The Bertz CT molecular complexity index is 1070. The average Bonchev–Trinajstić information content (AvgIpc) is 3.14. The SMILES string of the molecule is CCCN(CCC)c1ccc(C(=O)O)cc1NS(=O)(=O)c1ccc(Br)s1.O=C(O)C(F)(F)F. The zero-order valence-corrected chi connectivity index (χ0v) is 20.7. The smallest absolute Gasteiger partial charge is 0.478 e. The van der Waals surface area contributed by atoms with E-state index in [9.17, 15) is 31.5 Å². The minimum atomic E-state index is -5.08. The molecular weight excluding hydrogens is 553 g/mol. The highest BCUT2D eigenvalue weighted by Gasteiger charge is 2.38. The number of anilines is 2. The predicted octanol–water partition coefficient (Wildman–Crippen LogP) is 5.27. The van der Waals surface area contributed by atoms with Crippen molar-refractivity contribution in [1.82, 2.24) is 0 Å². The molecule has 0 atom stereocenters. The molecule has 1 aromatic carbocycles. The Morgan fingerprint density at radius 3 is 2.03 bits per heavy atom. The number of halogens is 4. The highest BCUT2D eigenvalue weighted by Crippen LogP contribution is 2.32. The summed E-state index contributed by atoms with van der Waals surface area (Å²) in [6.45, 7) is 5.58. The van der Waals surface area contributed by atoms with Gasteiger partial charge in [0, 0.05) is 13.1 Å². The Kier molecular flexibility index (Phi) is 10.6. The molecule has 0 spiro atoms. The first-order valence-corrected chi connectivity index (χ1v) is 12.5. The Hall–Kier alpha value is -2.32. The lowest BCUT2D eigenvalue weighted by molar-refractivity contribution is -0.192. The van der Waals surface area contributed by atoms with E-state index >= 15 is 0 Å². The van der Waals surface area contributed by atoms with Gasteiger partial charge in [-0.3, -0.25) is 4.72 Å². The molecule has 2 rings (SSSR count). The second-order valence-corrected chi connectivity index (χ2v) is 10.9. The zero-order valence-electron chi connectivity index (χ0n) is 17.5. The van der Waals surface area contributed by atoms with Crippen LogP contribution >= 0.6 is 27.3 Å². The van der Waals surface area contributed by atoms with Crippen molar-refractivity contribution >= 4 is 60.6 Å². The van der Waals surface area contributed by atoms with Crippen molar-refractivity contribution in [3.63, 3.8) is 0 Å². The number of rotatable bonds is 9. The first-order chi connectivity index (χ1) is 15.2. The number of aliphatic carboxylic acids is 1. The number of aromatic carboxylic acids is 1. The van der Waals surface area contributed by atoms with E-state index in [1.54, 1.807) is 12.1 Å². The topological polar surface area (TPSA) is 124 Å². The molecule has 33 heavy (non-hydrogen) atoms. The van der Waals surface area contributed by atoms with Crippen molar-refractivity contribution in [3.8, 4) is 0 Å². The third-order valence-corrected chi connectivity index (χ3v) is 7.35. The van der Waals surface area contributed by atoms with Gasteiger partial charge in [-0.2, -0.15) is 13.2 Å². The number of thiophene rings is 1. The number of hydrogen-bond acceptors (Lipinski definition) is 6. The molecule has 0 radical (unpaired) electrons. The van der Waals surface area contributed by atoms with E-state index in [1.807, 2.05) is 13.8 Å². The van der Waals surface area contributed by atoms with Crippen LogP contribution in [0.25, 0.3) is 0 Å². The van der Waals surface area contributed by atoms with Crippen LogP contribution in [0, 0.1) is 0 Å². The molecule has 0 bridgehead atoms. The van der Waals surface area contributed by atoms with Crippen LogP contribution in [0.3, 0.4) is 0 Å². The third kappa shape index (κ3) is 8.85. The van der Waals surface area contributed by atoms with Crippen LogP contribution < -0.4 is 9.62 Å². The van der Waals surface area contributed by atoms with Gasteiger partial charge >= 0.3 is 18.1 Å². The number of carboxylic acid groups (broad SMARTS) is 2. The monoisotopic (exact) mass is 574 g/mol. The fourth-order valence-electron chi connectivity index (χ4n) is 2.56. The number of carboxylic acids is 2. The normalized spacial score (nSPS) is 11.3. The van der Waals surface area contributed by atoms with Gasteiger partial charge in [0.2, 0.25) is 0 Å². The minimum absolute atomic E-state index is 0.0340. The summed E-state index contributed by atoms with van der Waals surface area (Å²) in [6, 6.07) is 7.70. The molecule has 184 valence electrons. The quantitative estimate of drug-likeness (QED) is 0.372. The van der Waals surface area contributed by atoms with Crippen LogP contribution in [-0.2, 0) is 14.8 Å². The van der Waals surface area contributed by atoms with Crippen molar-refractivity contribution < 1.29 is 41.4 Å². The lowest BCUT2D eigenvalue weighted by atomic mass is 10.1. The van der Waals surface area contributed by atoms with Gasteiger partial charge in [-0.05, 0) is 59.1 Å². The lowest BCUT2D eigenvalue weighted by Gasteiger charge is -2.26. The van der Waals surface area contributed by atoms with Crippen molar-refractivity contribution in [1.29, 1.82) is 0 Å². The second-order valence-electron chi connectivity index (χ2n) is 6.49. The van der Waals surface area contributed by atoms with Crippen LogP contribution in [0.1, 0.15) is 37.0 Å². The average molecular weight is 575 g/mol. The number of alkyl halides is 3. The second kappa shape index (κ2) is 12.2. The number of sulfonamides is 1. The van der Waals surface area contributed by atoms with Crippen molar-refractivity contribution in [3.05, 3.63) is 39.7 Å². The van der Waals surface area contributed by atoms with Gasteiger partial charge in [-0.25, -0.2) is 18.0 Å². The highest BCUT2D eigenvalue weighted by molar-refractivity contribution is 9.11. The maximum Gasteiger partial charge on any atom is 0.490 e. The summed E-state index contributed by atoms with van der Waals surface area (Å²) in [6.07, 6.45) is -3.30. The molecule has 0 saturated heterocycles. The summed E-state index contributed by atoms with van der Waals surface area (Å²) < 4.78 is 60.6. The summed E-state index contributed by atoms with van der Waals surface area (Å²) >= 11 is 4.36. The first-order valence-electron chi connectivity index (χ1n) is 9.43. The molecule has 0 fully saturated rings. The van der Waals surface area contributed by atoms with Crippen LogP contribution in [0.2, 0.25) is 0 Å². The highest BCUT2D eigenvalue weighted by atomic mass is 79.9. The van der Waals surface area contributed by atoms with Gasteiger partial charge in [-0.15, -0.1) is 11.3 Å². The van der Waals surface area contributed by atoms with Gasteiger partial charge in [0.15, 0.2) is 0 Å². The summed E-state index contributed by atoms with van der Waals surface area (Å²) in [5.74, 6) is -3.86. The maximum absolute atomic E-state index is 12.7. The molecule has 0 aliphatic rings. The predicted molar refractivity (Wildman–Crippen MR) is 123 cm³/mol. The lowest BCUT2D eigenvalue weighted by Crippen LogP contribution is -2.26. The van der Waals surface area contributed by atoms with Crippen LogP contribution in [0.4, 0.5) is 24.5 Å². The molecule has 2 aromatic rings. The summed E-state index contributed by atoms with van der Waals surface area (Å²) in [7, 11) is -3.80. The van der Waals surface area contributed by atoms with Crippen LogP contribution in [-0.4, -0.2) is 49.8 Å². The fraction of sp³-hybridized carbons (Fsp3) is 0.368. The standard InChI is InChI=1S/C17H21BrN2O4S2.C2HF3O2/c1-3-9-20(10-4-2)14-6-5-12(17(21)22)11-13(14)19-26(23,24)16-8-7-15(18)25-16;3-2(4,5)1(6)7/h5-8,11,19H,3-4,9-10H2,1-2H3,(H,21,22);(H,6,7). The molecule has 14 heteroatoms. The van der Waals surface area contributed by atoms with Crippen molar-refractivity contribution in [2.75, 3.05) is 22.7 Å². The zero-order chi connectivity index (χ0) is 25.4. The van der Waals surface area contributed by atoms with E-state index in [0.717, 1.165) is 37.3 Å². The first kappa shape index (κ1) is 28.7. The number of nitrogens with one attached hydrogen (secondary N) is 1. The van der Waals surface area contributed by atoms with E-state index in [1.165, 1.54) is 18.2 Å². The molecule has 0 aliphatic carbocycles. The number of nitrogens with zero attached hydrogens (tertiary/aromatic N) is 1. The Balaban J connectivity index is 0.000000675. The van der Waals surface area contributed by atoms with Crippen LogP contribution in [0.15, 0.2) is 38.3 Å². The summed E-state index contributed by atoms with van der Waals surface area (Å²) in [5.41, 5.74) is 0.987. The fourth-order valence-corrected chi connectivity index (χ4v) is 5.63. The van der Waals surface area contributed by atoms with E-state index < -0.39 is 28.1 Å². The Morgan fingerprint density at radius 2 is 1.64 bits per heavy atom.